The van der Waals surface area contributed by atoms with Crippen molar-refractivity contribution in [3.63, 3.8) is 0 Å². The highest BCUT2D eigenvalue weighted by Crippen LogP contribution is 2.18. The average Bonchev–Trinajstić information content (AvgIpc) is 2.69. The maximum absolute atomic E-state index is 11.7. The van der Waals surface area contributed by atoms with Gasteiger partial charge in [0, 0.05) is 11.3 Å². The van der Waals surface area contributed by atoms with Crippen LogP contribution in [0.15, 0.2) is 59.5 Å². The summed E-state index contributed by atoms with van der Waals surface area (Å²) in [4.78, 5) is 24.5. The van der Waals surface area contributed by atoms with Gasteiger partial charge in [-0.1, -0.05) is 18.2 Å². The van der Waals surface area contributed by atoms with E-state index in [0.29, 0.717) is 24.2 Å². The van der Waals surface area contributed by atoms with Crippen LogP contribution < -0.4 is 15.6 Å². The first-order chi connectivity index (χ1) is 12.7. The number of nitrogens with one attached hydrogen (secondary N) is 2. The Morgan fingerprint density at radius 1 is 1.00 bits per heavy atom. The predicted octanol–water partition coefficient (Wildman–Crippen LogP) is 2.66. The molecule has 0 aromatic heterocycles. The Balaban J connectivity index is 1.56. The molecule has 0 radical (unpaired) electrons. The van der Waals surface area contributed by atoms with E-state index < -0.39 is 5.91 Å². The molecule has 7 heteroatoms. The largest absolute Gasteiger partial charge is 0.484 e. The van der Waals surface area contributed by atoms with E-state index >= 15 is 0 Å². The van der Waals surface area contributed by atoms with Crippen molar-refractivity contribution in [2.24, 2.45) is 0 Å². The summed E-state index contributed by atoms with van der Waals surface area (Å²) in [7, 11) is 0. The van der Waals surface area contributed by atoms with Gasteiger partial charge in [-0.05, 0) is 48.6 Å². The van der Waals surface area contributed by atoms with Gasteiger partial charge in [-0.15, -0.1) is 11.8 Å². The van der Waals surface area contributed by atoms with Crippen LogP contribution in [0.2, 0.25) is 0 Å². The number of ether oxygens (including phenoxy) is 1. The molecule has 0 aliphatic rings. The zero-order chi connectivity index (χ0) is 18.6. The Bertz CT molecular complexity index is 758. The number of hydrogen-bond acceptors (Lipinski definition) is 5. The second kappa shape index (κ2) is 10.8. The highest BCUT2D eigenvalue weighted by atomic mass is 32.2. The number of thioether (sulfide) groups is 1. The maximum atomic E-state index is 11.7. The maximum Gasteiger partial charge on any atom is 0.276 e. The molecule has 2 aromatic carbocycles. The fourth-order valence-electron chi connectivity index (χ4n) is 1.95. The van der Waals surface area contributed by atoms with Crippen LogP contribution in [-0.4, -0.2) is 24.2 Å². The van der Waals surface area contributed by atoms with Gasteiger partial charge in [0.1, 0.15) is 5.75 Å². The van der Waals surface area contributed by atoms with Crippen LogP contribution in [0, 0.1) is 11.3 Å². The van der Waals surface area contributed by atoms with E-state index in [2.05, 4.69) is 10.9 Å². The van der Waals surface area contributed by atoms with Crippen molar-refractivity contribution in [3.05, 3.63) is 60.2 Å². The molecule has 26 heavy (non-hydrogen) atoms. The number of carbonyl (C=O) groups excluding carboxylic acids is 2. The first-order valence-electron chi connectivity index (χ1n) is 8.06. The Kier molecular flexibility index (Phi) is 8.03. The minimum atomic E-state index is -0.457. The number of rotatable bonds is 8. The molecule has 0 aliphatic carbocycles. The van der Waals surface area contributed by atoms with Crippen LogP contribution in [0.5, 0.6) is 5.75 Å². The summed E-state index contributed by atoms with van der Waals surface area (Å²) in [5.74, 6) is 0.600. The normalized spacial score (nSPS) is 9.81. The smallest absolute Gasteiger partial charge is 0.276 e. The lowest BCUT2D eigenvalue weighted by molar-refractivity contribution is -0.130. The van der Waals surface area contributed by atoms with Crippen LogP contribution >= 0.6 is 11.8 Å². The number of benzene rings is 2. The molecule has 0 unspecified atom stereocenters. The average molecular weight is 369 g/mol. The molecule has 6 nitrogen and oxygen atoms in total. The van der Waals surface area contributed by atoms with Gasteiger partial charge in [-0.3, -0.25) is 20.4 Å². The summed E-state index contributed by atoms with van der Waals surface area (Å²) in [5.41, 5.74) is 5.19. The number of amides is 2. The summed E-state index contributed by atoms with van der Waals surface area (Å²) < 4.78 is 5.27. The minimum absolute atomic E-state index is 0.226. The van der Waals surface area contributed by atoms with Gasteiger partial charge < -0.3 is 4.74 Å². The summed E-state index contributed by atoms with van der Waals surface area (Å²) in [6.45, 7) is -0.226. The molecule has 0 heterocycles. The van der Waals surface area contributed by atoms with Crippen LogP contribution in [0.25, 0.3) is 0 Å². The minimum Gasteiger partial charge on any atom is -0.484 e. The Morgan fingerprint density at radius 3 is 2.38 bits per heavy atom. The number of hydrogen-bond donors (Lipinski definition) is 2. The van der Waals surface area contributed by atoms with Crippen LogP contribution in [0.1, 0.15) is 18.4 Å². The van der Waals surface area contributed by atoms with Gasteiger partial charge in [0.05, 0.1) is 11.6 Å². The fourth-order valence-corrected chi connectivity index (χ4v) is 2.83. The molecule has 0 spiro atoms. The Morgan fingerprint density at radius 2 is 1.69 bits per heavy atom. The topological polar surface area (TPSA) is 91.2 Å². The molecule has 0 fully saturated rings. The SMILES string of the molecule is N#Cc1ccc(OCC(=O)NNC(=O)CCCSc2ccccc2)cc1. The van der Waals surface area contributed by atoms with Crippen molar-refractivity contribution in [1.29, 1.82) is 5.26 Å². The molecule has 2 rings (SSSR count). The van der Waals surface area contributed by atoms with E-state index in [9.17, 15) is 9.59 Å². The third-order valence-electron chi connectivity index (χ3n) is 3.25. The predicted molar refractivity (Wildman–Crippen MR) is 99.3 cm³/mol. The van der Waals surface area contributed by atoms with Gasteiger partial charge in [-0.2, -0.15) is 5.26 Å². The van der Waals surface area contributed by atoms with Gasteiger partial charge in [0.15, 0.2) is 6.61 Å². The molecule has 0 saturated carbocycles. The molecule has 2 N–H and O–H groups in total. The van der Waals surface area contributed by atoms with Crippen molar-refractivity contribution >= 4 is 23.6 Å². The quantitative estimate of drug-likeness (QED) is 0.424. The summed E-state index contributed by atoms with van der Waals surface area (Å²) in [6.07, 6.45) is 1.04. The first kappa shape index (κ1) is 19.3. The fraction of sp³-hybridized carbons (Fsp3) is 0.211. The van der Waals surface area contributed by atoms with Gasteiger partial charge in [0.25, 0.3) is 5.91 Å². The van der Waals surface area contributed by atoms with Crippen molar-refractivity contribution in [2.75, 3.05) is 12.4 Å². The van der Waals surface area contributed by atoms with Crippen LogP contribution in [-0.2, 0) is 9.59 Å². The lowest BCUT2D eigenvalue weighted by Gasteiger charge is -2.09. The molecular weight excluding hydrogens is 350 g/mol. The van der Waals surface area contributed by atoms with E-state index in [0.717, 1.165) is 5.75 Å². The summed E-state index contributed by atoms with van der Waals surface area (Å²) in [5, 5.41) is 8.71. The molecule has 0 atom stereocenters. The molecule has 0 bridgehead atoms. The highest BCUT2D eigenvalue weighted by molar-refractivity contribution is 7.99. The van der Waals surface area contributed by atoms with E-state index in [1.165, 1.54) is 4.90 Å². The van der Waals surface area contributed by atoms with Crippen molar-refractivity contribution in [1.82, 2.24) is 10.9 Å². The van der Waals surface area contributed by atoms with E-state index in [1.807, 2.05) is 36.4 Å². The third-order valence-corrected chi connectivity index (χ3v) is 4.35. The monoisotopic (exact) mass is 369 g/mol. The number of carbonyl (C=O) groups is 2. The number of nitrogens with zero attached hydrogens (tertiary/aromatic N) is 1. The van der Waals surface area contributed by atoms with Gasteiger partial charge >= 0.3 is 0 Å². The lowest BCUT2D eigenvalue weighted by atomic mass is 10.2. The lowest BCUT2D eigenvalue weighted by Crippen LogP contribution is -2.43. The molecular formula is C19H19N3O3S. The molecule has 2 aromatic rings. The molecule has 0 aliphatic heterocycles. The number of nitriles is 1. The van der Waals surface area contributed by atoms with E-state index in [-0.39, 0.29) is 12.5 Å². The van der Waals surface area contributed by atoms with Crippen LogP contribution in [0.3, 0.4) is 0 Å². The van der Waals surface area contributed by atoms with Crippen molar-refractivity contribution in [3.8, 4) is 11.8 Å². The van der Waals surface area contributed by atoms with Crippen molar-refractivity contribution in [2.45, 2.75) is 17.7 Å². The Labute approximate surface area is 156 Å². The second-order valence-electron chi connectivity index (χ2n) is 5.29. The summed E-state index contributed by atoms with van der Waals surface area (Å²) >= 11 is 1.69. The van der Waals surface area contributed by atoms with E-state index in [1.54, 1.807) is 36.0 Å². The zero-order valence-corrected chi connectivity index (χ0v) is 14.9. The standard InChI is InChI=1S/C19H19N3O3S/c20-13-15-8-10-16(11-9-15)25-14-19(24)22-21-18(23)7-4-12-26-17-5-2-1-3-6-17/h1-3,5-6,8-11H,4,7,12,14H2,(H,21,23)(H,22,24). The van der Waals surface area contributed by atoms with E-state index in [4.69, 9.17) is 10.00 Å². The number of hydrazine groups is 1. The first-order valence-corrected chi connectivity index (χ1v) is 9.04. The molecule has 0 saturated heterocycles. The van der Waals surface area contributed by atoms with Crippen LogP contribution in [0.4, 0.5) is 0 Å². The summed E-state index contributed by atoms with van der Waals surface area (Å²) in [6, 6.07) is 18.4. The third kappa shape index (κ3) is 7.28. The molecule has 134 valence electrons. The Hall–Kier alpha value is -2.98. The molecule has 2 amide bonds. The zero-order valence-electron chi connectivity index (χ0n) is 14.1. The van der Waals surface area contributed by atoms with Crippen molar-refractivity contribution < 1.29 is 14.3 Å². The van der Waals surface area contributed by atoms with Gasteiger partial charge in [-0.25, -0.2) is 0 Å². The van der Waals surface area contributed by atoms with Gasteiger partial charge in [0.2, 0.25) is 5.91 Å². The second-order valence-corrected chi connectivity index (χ2v) is 6.45. The highest BCUT2D eigenvalue weighted by Gasteiger charge is 2.06.